The second kappa shape index (κ2) is 8.42. The zero-order valence-electron chi connectivity index (χ0n) is 14.2. The van der Waals surface area contributed by atoms with Gasteiger partial charge in [-0.25, -0.2) is 13.4 Å². The van der Waals surface area contributed by atoms with Crippen LogP contribution in [0.25, 0.3) is 11.0 Å². The predicted molar refractivity (Wildman–Crippen MR) is 97.8 cm³/mol. The molecule has 0 aliphatic rings. The summed E-state index contributed by atoms with van der Waals surface area (Å²) in [5.41, 5.74) is 1.76. The van der Waals surface area contributed by atoms with E-state index in [-0.39, 0.29) is 5.75 Å². The van der Waals surface area contributed by atoms with E-state index < -0.39 is 16.1 Å². The van der Waals surface area contributed by atoms with E-state index >= 15 is 0 Å². The quantitative estimate of drug-likeness (QED) is 0.584. The van der Waals surface area contributed by atoms with Gasteiger partial charge in [0.25, 0.3) is 0 Å². The fourth-order valence-corrected chi connectivity index (χ4v) is 3.52. The molecule has 0 aliphatic carbocycles. The third-order valence-corrected chi connectivity index (χ3v) is 5.01. The number of hydrogen-bond donors (Lipinski definition) is 0. The third kappa shape index (κ3) is 5.02. The van der Waals surface area contributed by atoms with Crippen molar-refractivity contribution in [3.8, 4) is 0 Å². The molecule has 0 saturated carbocycles. The van der Waals surface area contributed by atoms with Crippen LogP contribution in [0.15, 0.2) is 22.7 Å². The minimum atomic E-state index is -2.99. The van der Waals surface area contributed by atoms with Gasteiger partial charge < -0.3 is 14.0 Å². The van der Waals surface area contributed by atoms with Crippen molar-refractivity contribution >= 4 is 36.8 Å². The lowest BCUT2D eigenvalue weighted by Crippen LogP contribution is -2.16. The lowest BCUT2D eigenvalue weighted by molar-refractivity contribution is -0.146. The lowest BCUT2D eigenvalue weighted by Gasteiger charge is -2.18. The maximum atomic E-state index is 11.4. The number of imidazole rings is 1. The van der Waals surface area contributed by atoms with Gasteiger partial charge in [0.2, 0.25) is 6.29 Å². The molecule has 2 rings (SSSR count). The Balaban J connectivity index is 2.41. The summed E-state index contributed by atoms with van der Waals surface area (Å²) in [6.45, 7) is 5.34. The number of sulfone groups is 1. The van der Waals surface area contributed by atoms with E-state index in [1.165, 1.54) is 6.26 Å². The highest BCUT2D eigenvalue weighted by Gasteiger charge is 2.21. The molecule has 1 aromatic carbocycles. The van der Waals surface area contributed by atoms with Gasteiger partial charge in [0.15, 0.2) is 5.82 Å². The largest absolute Gasteiger partial charge is 0.346 e. The Morgan fingerprint density at radius 1 is 1.25 bits per heavy atom. The molecule has 24 heavy (non-hydrogen) atoms. The Bertz CT molecular complexity index is 783. The van der Waals surface area contributed by atoms with Crippen LogP contribution in [0.5, 0.6) is 0 Å². The fourth-order valence-electron chi connectivity index (χ4n) is 2.52. The van der Waals surface area contributed by atoms with Gasteiger partial charge in [-0.05, 0) is 38.5 Å². The molecule has 0 fully saturated rings. The Morgan fingerprint density at radius 3 is 2.50 bits per heavy atom. The molecule has 2 aromatic rings. The highest BCUT2D eigenvalue weighted by atomic mass is 79.9. The van der Waals surface area contributed by atoms with Crippen molar-refractivity contribution in [1.82, 2.24) is 9.55 Å². The average Bonchev–Trinajstić information content (AvgIpc) is 2.83. The van der Waals surface area contributed by atoms with Crippen LogP contribution in [0.4, 0.5) is 0 Å². The highest BCUT2D eigenvalue weighted by Crippen LogP contribution is 2.26. The van der Waals surface area contributed by atoms with E-state index in [1.807, 2.05) is 36.6 Å². The number of nitrogens with zero attached hydrogens (tertiary/aromatic N) is 2. The molecule has 0 unspecified atom stereocenters. The van der Waals surface area contributed by atoms with Crippen LogP contribution in [0, 0.1) is 0 Å². The number of hydrogen-bond acceptors (Lipinski definition) is 5. The van der Waals surface area contributed by atoms with Crippen LogP contribution in [0.1, 0.15) is 32.4 Å². The number of aryl methyl sites for hydroxylation is 1. The second-order valence-electron chi connectivity index (χ2n) is 5.48. The lowest BCUT2D eigenvalue weighted by atomic mass is 10.3. The normalized spacial score (nSPS) is 12.4. The standard InChI is InChI=1S/C16H23BrN2O4S/c1-4-22-16(23-5-2)15-18-13-11-12(17)7-8-14(13)19(15)9-6-10-24(3,20)21/h7-8,11,16H,4-6,9-10H2,1-3H3. The first kappa shape index (κ1) is 19.4. The van der Waals surface area contributed by atoms with Gasteiger partial charge in [-0.1, -0.05) is 15.9 Å². The molecule has 0 saturated heterocycles. The van der Waals surface area contributed by atoms with Gasteiger partial charge in [0.05, 0.1) is 16.8 Å². The zero-order chi connectivity index (χ0) is 17.7. The minimum Gasteiger partial charge on any atom is -0.346 e. The van der Waals surface area contributed by atoms with E-state index in [9.17, 15) is 8.42 Å². The average molecular weight is 419 g/mol. The maximum Gasteiger partial charge on any atom is 0.217 e. The molecule has 1 heterocycles. The van der Waals surface area contributed by atoms with E-state index in [1.54, 1.807) is 0 Å². The summed E-state index contributed by atoms with van der Waals surface area (Å²) >= 11 is 3.45. The van der Waals surface area contributed by atoms with Crippen molar-refractivity contribution in [2.75, 3.05) is 25.2 Å². The maximum absolute atomic E-state index is 11.4. The molecule has 1 aromatic heterocycles. The van der Waals surface area contributed by atoms with Gasteiger partial charge in [-0.15, -0.1) is 0 Å². The van der Waals surface area contributed by atoms with Crippen LogP contribution in [0.3, 0.4) is 0 Å². The molecule has 8 heteroatoms. The minimum absolute atomic E-state index is 0.135. The van der Waals surface area contributed by atoms with Crippen molar-refractivity contribution in [3.63, 3.8) is 0 Å². The van der Waals surface area contributed by atoms with E-state index in [0.717, 1.165) is 15.5 Å². The van der Waals surface area contributed by atoms with Crippen LogP contribution in [-0.2, 0) is 25.9 Å². The van der Waals surface area contributed by atoms with Crippen molar-refractivity contribution < 1.29 is 17.9 Å². The number of benzene rings is 1. The molecule has 0 atom stereocenters. The van der Waals surface area contributed by atoms with Crippen LogP contribution in [-0.4, -0.2) is 43.2 Å². The van der Waals surface area contributed by atoms with Gasteiger partial charge in [0, 0.05) is 30.5 Å². The van der Waals surface area contributed by atoms with Gasteiger partial charge in [-0.2, -0.15) is 0 Å². The Hall–Kier alpha value is -0.960. The number of rotatable bonds is 9. The third-order valence-electron chi connectivity index (χ3n) is 3.48. The van der Waals surface area contributed by atoms with Crippen LogP contribution in [0.2, 0.25) is 0 Å². The molecule has 6 nitrogen and oxygen atoms in total. The zero-order valence-corrected chi connectivity index (χ0v) is 16.6. The van der Waals surface area contributed by atoms with Crippen molar-refractivity contribution in [3.05, 3.63) is 28.5 Å². The summed E-state index contributed by atoms with van der Waals surface area (Å²) in [5.74, 6) is 0.802. The highest BCUT2D eigenvalue weighted by molar-refractivity contribution is 9.10. The first-order chi connectivity index (χ1) is 11.4. The van der Waals surface area contributed by atoms with Gasteiger partial charge >= 0.3 is 0 Å². The van der Waals surface area contributed by atoms with Crippen molar-refractivity contribution in [2.45, 2.75) is 33.1 Å². The van der Waals surface area contributed by atoms with E-state index in [2.05, 4.69) is 20.9 Å². The molecule has 0 spiro atoms. The fraction of sp³-hybridized carbons (Fsp3) is 0.562. The molecule has 0 N–H and O–H groups in total. The second-order valence-corrected chi connectivity index (χ2v) is 8.66. The molecular formula is C16H23BrN2O4S. The molecule has 0 bridgehead atoms. The van der Waals surface area contributed by atoms with E-state index in [4.69, 9.17) is 9.47 Å². The van der Waals surface area contributed by atoms with Crippen LogP contribution < -0.4 is 0 Å². The SMILES string of the molecule is CCOC(OCC)c1nc2cc(Br)ccc2n1CCCS(C)(=O)=O. The summed E-state index contributed by atoms with van der Waals surface area (Å²) < 4.78 is 37.1. The number of aromatic nitrogens is 2. The van der Waals surface area contributed by atoms with Crippen LogP contribution >= 0.6 is 15.9 Å². The topological polar surface area (TPSA) is 70.4 Å². The van der Waals surface area contributed by atoms with Crippen molar-refractivity contribution in [1.29, 1.82) is 0 Å². The Labute approximate surface area is 151 Å². The number of ether oxygens (including phenoxy) is 2. The van der Waals surface area contributed by atoms with Gasteiger partial charge in [0.1, 0.15) is 9.84 Å². The number of halogens is 1. The molecule has 0 amide bonds. The summed E-state index contributed by atoms with van der Waals surface area (Å²) in [6, 6.07) is 5.84. The summed E-state index contributed by atoms with van der Waals surface area (Å²) in [7, 11) is -2.99. The van der Waals surface area contributed by atoms with Crippen molar-refractivity contribution in [2.24, 2.45) is 0 Å². The smallest absolute Gasteiger partial charge is 0.217 e. The molecule has 0 radical (unpaired) electrons. The molecule has 0 aliphatic heterocycles. The first-order valence-electron chi connectivity index (χ1n) is 7.92. The Morgan fingerprint density at radius 2 is 1.92 bits per heavy atom. The van der Waals surface area contributed by atoms with E-state index in [0.29, 0.717) is 32.0 Å². The van der Waals surface area contributed by atoms with Gasteiger partial charge in [-0.3, -0.25) is 0 Å². The summed E-state index contributed by atoms with van der Waals surface area (Å²) in [4.78, 5) is 4.66. The summed E-state index contributed by atoms with van der Waals surface area (Å²) in [5, 5.41) is 0. The molecular weight excluding hydrogens is 396 g/mol. The summed E-state index contributed by atoms with van der Waals surface area (Å²) in [6.07, 6.45) is 1.20. The molecule has 134 valence electrons. The predicted octanol–water partition coefficient (Wildman–Crippen LogP) is 3.31. The Kier molecular flexibility index (Phi) is 6.79. The number of fused-ring (bicyclic) bond motifs is 1. The first-order valence-corrected chi connectivity index (χ1v) is 10.8. The monoisotopic (exact) mass is 418 g/mol.